The van der Waals surface area contributed by atoms with E-state index in [4.69, 9.17) is 0 Å². The fourth-order valence-corrected chi connectivity index (χ4v) is 3.25. The number of carboxylic acids is 1. The highest BCUT2D eigenvalue weighted by atomic mass is 32.2. The van der Waals surface area contributed by atoms with Gasteiger partial charge in [-0.25, -0.2) is 4.31 Å². The zero-order valence-corrected chi connectivity index (χ0v) is 14.5. The molecule has 0 bridgehead atoms. The molecule has 2 aromatic carbocycles. The predicted octanol–water partition coefficient (Wildman–Crippen LogP) is 3.49. The van der Waals surface area contributed by atoms with E-state index in [-0.39, 0.29) is 22.8 Å². The average Bonchev–Trinajstić information content (AvgIpc) is 2.61. The van der Waals surface area contributed by atoms with Gasteiger partial charge in [0.15, 0.2) is 0 Å². The van der Waals surface area contributed by atoms with Crippen LogP contribution in [0.15, 0.2) is 53.4 Å². The van der Waals surface area contributed by atoms with Crippen molar-refractivity contribution >= 4 is 29.3 Å². The molecular weight excluding hydrogens is 362 g/mol. The third kappa shape index (κ3) is 4.55. The Morgan fingerprint density at radius 3 is 2.19 bits per heavy atom. The van der Waals surface area contributed by atoms with Crippen LogP contribution < -0.4 is 0 Å². The zero-order valence-electron chi connectivity index (χ0n) is 13.6. The summed E-state index contributed by atoms with van der Waals surface area (Å²) in [6.45, 7) is 1.35. The lowest BCUT2D eigenvalue weighted by Crippen LogP contribution is -2.33. The lowest BCUT2D eigenvalue weighted by atomic mass is 10.1. The molecule has 9 nitrogen and oxygen atoms in total. The molecule has 0 aliphatic heterocycles. The van der Waals surface area contributed by atoms with Crippen LogP contribution in [0.1, 0.15) is 12.5 Å². The number of aliphatic carboxylic acids is 1. The van der Waals surface area contributed by atoms with Crippen LogP contribution in [0.5, 0.6) is 0 Å². The molecule has 0 aliphatic carbocycles. The second kappa shape index (κ2) is 8.41. The van der Waals surface area contributed by atoms with Crippen LogP contribution in [0.3, 0.4) is 0 Å². The molecule has 2 rings (SSSR count). The maximum atomic E-state index is 11.4. The normalized spacial score (nSPS) is 11.9. The van der Waals surface area contributed by atoms with E-state index in [0.717, 1.165) is 11.9 Å². The van der Waals surface area contributed by atoms with Gasteiger partial charge in [0.05, 0.1) is 9.85 Å². The van der Waals surface area contributed by atoms with Gasteiger partial charge in [-0.15, -0.1) is 0 Å². The SMILES string of the molecule is CC(C(=O)O)N(Cc1ccccc1[N+](=O)[O-])Sc1ccccc1[N+](=O)[O-]. The third-order valence-corrected chi connectivity index (χ3v) is 4.80. The maximum absolute atomic E-state index is 11.4. The molecule has 0 amide bonds. The van der Waals surface area contributed by atoms with E-state index in [1.165, 1.54) is 47.6 Å². The lowest BCUT2D eigenvalue weighted by molar-refractivity contribution is -0.387. The molecule has 1 unspecified atom stereocenters. The van der Waals surface area contributed by atoms with Gasteiger partial charge in [0, 0.05) is 24.2 Å². The van der Waals surface area contributed by atoms with Crippen molar-refractivity contribution in [1.29, 1.82) is 0 Å². The van der Waals surface area contributed by atoms with E-state index in [1.54, 1.807) is 12.1 Å². The molecule has 0 heterocycles. The van der Waals surface area contributed by atoms with Crippen molar-refractivity contribution in [3.05, 3.63) is 74.3 Å². The van der Waals surface area contributed by atoms with E-state index >= 15 is 0 Å². The molecule has 1 atom stereocenters. The highest BCUT2D eigenvalue weighted by molar-refractivity contribution is 7.97. The standard InChI is InChI=1S/C16H15N3O6S/c1-11(16(20)21)17(10-12-6-2-3-7-13(12)18(22)23)26-15-9-5-4-8-14(15)19(24)25/h2-9,11H,10H2,1H3,(H,20,21). The number of rotatable bonds is 8. The number of benzene rings is 2. The summed E-state index contributed by atoms with van der Waals surface area (Å²) < 4.78 is 1.37. The van der Waals surface area contributed by atoms with E-state index in [9.17, 15) is 30.1 Å². The number of para-hydroxylation sites is 2. The number of carboxylic acid groups (broad SMARTS) is 1. The quantitative estimate of drug-likeness (QED) is 0.421. The molecule has 136 valence electrons. The van der Waals surface area contributed by atoms with Crippen molar-refractivity contribution in [3.8, 4) is 0 Å². The first-order valence-electron chi connectivity index (χ1n) is 7.44. The first-order chi connectivity index (χ1) is 12.3. The van der Waals surface area contributed by atoms with Crippen LogP contribution in [-0.4, -0.2) is 31.3 Å². The van der Waals surface area contributed by atoms with Crippen LogP contribution in [-0.2, 0) is 11.3 Å². The summed E-state index contributed by atoms with van der Waals surface area (Å²) in [5, 5.41) is 31.7. The van der Waals surface area contributed by atoms with Crippen molar-refractivity contribution in [2.45, 2.75) is 24.4 Å². The molecule has 0 saturated carbocycles. The fraction of sp³-hybridized carbons (Fsp3) is 0.188. The third-order valence-electron chi connectivity index (χ3n) is 3.58. The summed E-state index contributed by atoms with van der Waals surface area (Å²) in [6.07, 6.45) is 0. The van der Waals surface area contributed by atoms with Crippen molar-refractivity contribution in [2.75, 3.05) is 0 Å². The molecule has 0 saturated heterocycles. The smallest absolute Gasteiger partial charge is 0.321 e. The topological polar surface area (TPSA) is 127 Å². The van der Waals surface area contributed by atoms with E-state index in [1.807, 2.05) is 0 Å². The first-order valence-corrected chi connectivity index (χ1v) is 8.21. The molecule has 0 spiro atoms. The van der Waals surface area contributed by atoms with Gasteiger partial charge in [0.25, 0.3) is 11.4 Å². The molecule has 0 aliphatic rings. The molecular formula is C16H15N3O6S. The molecule has 0 radical (unpaired) electrons. The van der Waals surface area contributed by atoms with Crippen LogP contribution in [0.2, 0.25) is 0 Å². The summed E-state index contributed by atoms with van der Waals surface area (Å²) in [6, 6.07) is 10.9. The number of nitrogens with zero attached hydrogens (tertiary/aromatic N) is 3. The summed E-state index contributed by atoms with van der Waals surface area (Å²) in [7, 11) is 0. The molecule has 10 heteroatoms. The van der Waals surface area contributed by atoms with Crippen molar-refractivity contribution in [1.82, 2.24) is 4.31 Å². The molecule has 0 aromatic heterocycles. The van der Waals surface area contributed by atoms with Gasteiger partial charge in [0.1, 0.15) is 10.9 Å². The first kappa shape index (κ1) is 19.3. The van der Waals surface area contributed by atoms with Gasteiger partial charge in [-0.05, 0) is 24.9 Å². The lowest BCUT2D eigenvalue weighted by Gasteiger charge is -2.24. The number of nitro groups is 2. The van der Waals surface area contributed by atoms with Crippen LogP contribution in [0.25, 0.3) is 0 Å². The number of carbonyl (C=O) groups is 1. The van der Waals surface area contributed by atoms with E-state index in [0.29, 0.717) is 5.56 Å². The monoisotopic (exact) mass is 377 g/mol. The number of hydrogen-bond acceptors (Lipinski definition) is 7. The van der Waals surface area contributed by atoms with Gasteiger partial charge in [0.2, 0.25) is 0 Å². The Labute approximate surface area is 152 Å². The Balaban J connectivity index is 2.39. The van der Waals surface area contributed by atoms with Gasteiger partial charge < -0.3 is 5.11 Å². The Morgan fingerprint density at radius 2 is 1.62 bits per heavy atom. The second-order valence-corrected chi connectivity index (χ2v) is 6.38. The zero-order chi connectivity index (χ0) is 19.3. The van der Waals surface area contributed by atoms with Gasteiger partial charge >= 0.3 is 5.97 Å². The largest absolute Gasteiger partial charge is 0.480 e. The predicted molar refractivity (Wildman–Crippen MR) is 94.7 cm³/mol. The molecule has 26 heavy (non-hydrogen) atoms. The Hall–Kier alpha value is -2.98. The summed E-state index contributed by atoms with van der Waals surface area (Å²) in [5.41, 5.74) is 0.0117. The molecule has 2 aromatic rings. The van der Waals surface area contributed by atoms with E-state index < -0.39 is 21.9 Å². The Kier molecular flexibility index (Phi) is 6.26. The van der Waals surface area contributed by atoms with Gasteiger partial charge in [-0.2, -0.15) is 0 Å². The minimum absolute atomic E-state index is 0.0681. The molecule has 0 fully saturated rings. The second-order valence-electron chi connectivity index (χ2n) is 5.29. The minimum Gasteiger partial charge on any atom is -0.480 e. The van der Waals surface area contributed by atoms with Crippen molar-refractivity contribution in [2.24, 2.45) is 0 Å². The van der Waals surface area contributed by atoms with Gasteiger partial charge in [-0.1, -0.05) is 30.3 Å². The van der Waals surface area contributed by atoms with Crippen LogP contribution in [0.4, 0.5) is 11.4 Å². The highest BCUT2D eigenvalue weighted by Crippen LogP contribution is 2.34. The van der Waals surface area contributed by atoms with E-state index in [2.05, 4.69) is 0 Å². The number of hydrogen-bond donors (Lipinski definition) is 1. The van der Waals surface area contributed by atoms with Crippen molar-refractivity contribution < 1.29 is 19.7 Å². The van der Waals surface area contributed by atoms with Gasteiger partial charge in [-0.3, -0.25) is 25.0 Å². The summed E-state index contributed by atoms with van der Waals surface area (Å²) in [5.74, 6) is -1.14. The number of nitro benzene ring substituents is 2. The average molecular weight is 377 g/mol. The minimum atomic E-state index is -1.14. The summed E-state index contributed by atoms with van der Waals surface area (Å²) in [4.78, 5) is 32.9. The fourth-order valence-electron chi connectivity index (χ4n) is 2.17. The summed E-state index contributed by atoms with van der Waals surface area (Å²) >= 11 is 0.884. The highest BCUT2D eigenvalue weighted by Gasteiger charge is 2.27. The van der Waals surface area contributed by atoms with Crippen LogP contribution >= 0.6 is 11.9 Å². The van der Waals surface area contributed by atoms with Crippen molar-refractivity contribution in [3.63, 3.8) is 0 Å². The van der Waals surface area contributed by atoms with Crippen LogP contribution in [0, 0.1) is 20.2 Å². The molecule has 1 N–H and O–H groups in total. The maximum Gasteiger partial charge on any atom is 0.321 e. The Morgan fingerprint density at radius 1 is 1.08 bits per heavy atom. The Bertz CT molecular complexity index is 785.